The number of nitrogens with zero attached hydrogens (tertiary/aromatic N) is 1. The number of hydrogen-bond donors (Lipinski definition) is 2. The summed E-state index contributed by atoms with van der Waals surface area (Å²) in [7, 11) is 1.61. The molecule has 1 fully saturated rings. The molecule has 0 radical (unpaired) electrons. The molecule has 1 aliphatic rings. The molecule has 7 heteroatoms. The van der Waals surface area contributed by atoms with Gasteiger partial charge in [0.15, 0.2) is 0 Å². The molecular formula is C22H26FN3O3. The molecule has 0 aliphatic carbocycles. The van der Waals surface area contributed by atoms with Crippen LogP contribution < -0.4 is 15.4 Å². The molecule has 1 unspecified atom stereocenters. The van der Waals surface area contributed by atoms with Crippen molar-refractivity contribution in [1.29, 1.82) is 0 Å². The molecule has 2 aromatic rings. The van der Waals surface area contributed by atoms with E-state index in [1.54, 1.807) is 13.2 Å². The average Bonchev–Trinajstić information content (AvgIpc) is 2.71. The maximum absolute atomic E-state index is 13.4. The van der Waals surface area contributed by atoms with E-state index in [1.165, 1.54) is 12.1 Å². The minimum atomic E-state index is -0.567. The van der Waals surface area contributed by atoms with E-state index in [4.69, 9.17) is 4.74 Å². The van der Waals surface area contributed by atoms with Gasteiger partial charge in [0.25, 0.3) is 0 Å². The molecule has 0 saturated carbocycles. The summed E-state index contributed by atoms with van der Waals surface area (Å²) in [6.07, 6.45) is 0.0370. The van der Waals surface area contributed by atoms with Gasteiger partial charge in [-0.1, -0.05) is 24.3 Å². The Morgan fingerprint density at radius 2 is 2.07 bits per heavy atom. The second-order valence-corrected chi connectivity index (χ2v) is 7.14. The Morgan fingerprint density at radius 1 is 1.28 bits per heavy atom. The zero-order chi connectivity index (χ0) is 20.8. The molecule has 154 valence electrons. The highest BCUT2D eigenvalue weighted by molar-refractivity contribution is 5.88. The zero-order valence-corrected chi connectivity index (χ0v) is 16.7. The Kier molecular flexibility index (Phi) is 6.82. The minimum Gasteiger partial charge on any atom is -0.496 e. The van der Waals surface area contributed by atoms with E-state index >= 15 is 0 Å². The monoisotopic (exact) mass is 399 g/mol. The number of carbonyl (C=O) groups excluding carboxylic acids is 2. The Morgan fingerprint density at radius 3 is 2.86 bits per heavy atom. The van der Waals surface area contributed by atoms with E-state index in [-0.39, 0.29) is 30.6 Å². The molecule has 29 heavy (non-hydrogen) atoms. The van der Waals surface area contributed by atoms with Crippen molar-refractivity contribution in [2.24, 2.45) is 0 Å². The van der Waals surface area contributed by atoms with Gasteiger partial charge in [0.1, 0.15) is 11.6 Å². The molecule has 0 spiro atoms. The van der Waals surface area contributed by atoms with Crippen molar-refractivity contribution in [2.75, 3.05) is 20.2 Å². The second kappa shape index (κ2) is 9.52. The molecule has 6 nitrogen and oxygen atoms in total. The van der Waals surface area contributed by atoms with Crippen LogP contribution >= 0.6 is 0 Å². The smallest absolute Gasteiger partial charge is 0.237 e. The van der Waals surface area contributed by atoms with Crippen molar-refractivity contribution in [3.05, 3.63) is 65.0 Å². The number of amides is 2. The van der Waals surface area contributed by atoms with E-state index in [0.717, 1.165) is 22.4 Å². The summed E-state index contributed by atoms with van der Waals surface area (Å²) in [5.41, 5.74) is 2.59. The number of methoxy groups -OCH3 is 1. The van der Waals surface area contributed by atoms with Gasteiger partial charge in [-0.3, -0.25) is 14.5 Å². The van der Waals surface area contributed by atoms with Crippen LogP contribution in [0.3, 0.4) is 0 Å². The minimum absolute atomic E-state index is 0.0370. The van der Waals surface area contributed by atoms with Crippen molar-refractivity contribution in [3.8, 4) is 5.75 Å². The van der Waals surface area contributed by atoms with Gasteiger partial charge in [0, 0.05) is 31.7 Å². The molecule has 1 heterocycles. The number of piperazine rings is 1. The maximum Gasteiger partial charge on any atom is 0.237 e. The Balaban J connectivity index is 1.65. The van der Waals surface area contributed by atoms with Crippen LogP contribution in [0.15, 0.2) is 42.5 Å². The van der Waals surface area contributed by atoms with Crippen LogP contribution in [-0.2, 0) is 22.7 Å². The normalized spacial score (nSPS) is 16.9. The number of ether oxygens (including phenoxy) is 1. The van der Waals surface area contributed by atoms with Gasteiger partial charge >= 0.3 is 0 Å². The van der Waals surface area contributed by atoms with Crippen LogP contribution in [0.4, 0.5) is 4.39 Å². The van der Waals surface area contributed by atoms with Gasteiger partial charge in [-0.25, -0.2) is 4.39 Å². The standard InChI is InChI=1S/C22H26FN3O3/c1-15-7-8-18(23)11-17(15)13-25-21(27)12-19-22(28)24-9-10-26(19)14-16-5-3-4-6-20(16)29-2/h3-8,11,19H,9-10,12-14H2,1-2H3,(H,24,28)(H,25,27). The molecule has 0 bridgehead atoms. The number of para-hydroxylation sites is 1. The van der Waals surface area contributed by atoms with Gasteiger partial charge in [0.05, 0.1) is 19.6 Å². The summed E-state index contributed by atoms with van der Waals surface area (Å²) in [5.74, 6) is 0.00160. The SMILES string of the molecule is COc1ccccc1CN1CCNC(=O)C1CC(=O)NCc1cc(F)ccc1C. The number of nitrogens with one attached hydrogen (secondary N) is 2. The molecule has 1 aliphatic heterocycles. The molecular weight excluding hydrogens is 373 g/mol. The van der Waals surface area contributed by atoms with Crippen molar-refractivity contribution in [1.82, 2.24) is 15.5 Å². The summed E-state index contributed by atoms with van der Waals surface area (Å²) in [5, 5.41) is 5.64. The maximum atomic E-state index is 13.4. The Labute approximate surface area is 170 Å². The van der Waals surface area contributed by atoms with E-state index in [0.29, 0.717) is 19.6 Å². The Bertz CT molecular complexity index is 887. The Hall–Kier alpha value is -2.93. The molecule has 0 aromatic heterocycles. The molecule has 1 saturated heterocycles. The molecule has 2 aromatic carbocycles. The zero-order valence-electron chi connectivity index (χ0n) is 16.7. The van der Waals surface area contributed by atoms with Crippen molar-refractivity contribution in [3.63, 3.8) is 0 Å². The predicted octanol–water partition coefficient (Wildman–Crippen LogP) is 2.15. The third-order valence-electron chi connectivity index (χ3n) is 5.17. The number of benzene rings is 2. The first kappa shape index (κ1) is 20.8. The van der Waals surface area contributed by atoms with Crippen LogP contribution in [-0.4, -0.2) is 43.0 Å². The van der Waals surface area contributed by atoms with Crippen LogP contribution in [0.25, 0.3) is 0 Å². The highest BCUT2D eigenvalue weighted by atomic mass is 19.1. The molecule has 2 amide bonds. The number of halogens is 1. The lowest BCUT2D eigenvalue weighted by molar-refractivity contribution is -0.134. The number of rotatable bonds is 7. The van der Waals surface area contributed by atoms with Crippen LogP contribution in [0.1, 0.15) is 23.1 Å². The second-order valence-electron chi connectivity index (χ2n) is 7.14. The predicted molar refractivity (Wildman–Crippen MR) is 108 cm³/mol. The van der Waals surface area contributed by atoms with Crippen molar-refractivity contribution >= 4 is 11.8 Å². The quantitative estimate of drug-likeness (QED) is 0.749. The largest absolute Gasteiger partial charge is 0.496 e. The number of carbonyl (C=O) groups is 2. The van der Waals surface area contributed by atoms with Gasteiger partial charge in [-0.05, 0) is 36.2 Å². The third-order valence-corrected chi connectivity index (χ3v) is 5.17. The van der Waals surface area contributed by atoms with Gasteiger partial charge in [-0.15, -0.1) is 0 Å². The van der Waals surface area contributed by atoms with E-state index in [9.17, 15) is 14.0 Å². The first-order valence-electron chi connectivity index (χ1n) is 9.63. The number of hydrogen-bond acceptors (Lipinski definition) is 4. The summed E-state index contributed by atoms with van der Waals surface area (Å²) >= 11 is 0. The highest BCUT2D eigenvalue weighted by Gasteiger charge is 2.32. The fourth-order valence-corrected chi connectivity index (χ4v) is 3.50. The van der Waals surface area contributed by atoms with E-state index < -0.39 is 6.04 Å². The van der Waals surface area contributed by atoms with Crippen LogP contribution in [0.5, 0.6) is 5.75 Å². The number of aryl methyl sites for hydroxylation is 1. The molecule has 3 rings (SSSR count). The van der Waals surface area contributed by atoms with Crippen LogP contribution in [0.2, 0.25) is 0 Å². The average molecular weight is 399 g/mol. The van der Waals surface area contributed by atoms with E-state index in [1.807, 2.05) is 36.1 Å². The molecule has 2 N–H and O–H groups in total. The third kappa shape index (κ3) is 5.32. The van der Waals surface area contributed by atoms with Crippen molar-refractivity contribution < 1.29 is 18.7 Å². The first-order chi connectivity index (χ1) is 14.0. The van der Waals surface area contributed by atoms with E-state index in [2.05, 4.69) is 10.6 Å². The summed E-state index contributed by atoms with van der Waals surface area (Å²) in [6, 6.07) is 11.6. The summed E-state index contributed by atoms with van der Waals surface area (Å²) in [4.78, 5) is 26.9. The fourth-order valence-electron chi connectivity index (χ4n) is 3.50. The van der Waals surface area contributed by atoms with Gasteiger partial charge < -0.3 is 15.4 Å². The summed E-state index contributed by atoms with van der Waals surface area (Å²) in [6.45, 7) is 3.78. The lowest BCUT2D eigenvalue weighted by Crippen LogP contribution is -2.56. The van der Waals surface area contributed by atoms with Crippen molar-refractivity contribution in [2.45, 2.75) is 32.5 Å². The summed E-state index contributed by atoms with van der Waals surface area (Å²) < 4.78 is 18.8. The van der Waals surface area contributed by atoms with Gasteiger partial charge in [-0.2, -0.15) is 0 Å². The first-order valence-corrected chi connectivity index (χ1v) is 9.63. The van der Waals surface area contributed by atoms with Gasteiger partial charge in [0.2, 0.25) is 11.8 Å². The fraction of sp³-hybridized carbons (Fsp3) is 0.364. The lowest BCUT2D eigenvalue weighted by atomic mass is 10.1. The lowest BCUT2D eigenvalue weighted by Gasteiger charge is -2.35. The molecule has 1 atom stereocenters. The van der Waals surface area contributed by atoms with Crippen LogP contribution in [0, 0.1) is 12.7 Å². The topological polar surface area (TPSA) is 70.7 Å². The highest BCUT2D eigenvalue weighted by Crippen LogP contribution is 2.22.